The molecular formula is C20H36O6. The Hall–Kier alpha value is -0.240. The maximum atomic E-state index is 10.8. The molecule has 0 amide bonds. The van der Waals surface area contributed by atoms with Gasteiger partial charge in [-0.05, 0) is 39.0 Å². The number of aliphatic hydroxyl groups is 1. The SMILES string of the molecule is CCC1O[C@H](C)C(C)C(C)[C@@H]1O[C@@H]1OC2COC(C)(C)O[C@H]2[C@@H](C)C1O. The van der Waals surface area contributed by atoms with E-state index in [0.29, 0.717) is 18.4 Å². The number of fused-ring (bicyclic) bond motifs is 1. The van der Waals surface area contributed by atoms with Gasteiger partial charge < -0.3 is 28.8 Å². The van der Waals surface area contributed by atoms with Crippen molar-refractivity contribution in [2.75, 3.05) is 6.61 Å². The normalized spacial score (nSPS) is 51.7. The maximum absolute atomic E-state index is 10.8. The zero-order valence-corrected chi connectivity index (χ0v) is 17.2. The predicted molar refractivity (Wildman–Crippen MR) is 96.6 cm³/mol. The van der Waals surface area contributed by atoms with E-state index in [9.17, 15) is 5.11 Å². The topological polar surface area (TPSA) is 66.4 Å². The number of rotatable bonds is 3. The Kier molecular flexibility index (Phi) is 6.03. The lowest BCUT2D eigenvalue weighted by Gasteiger charge is -2.51. The largest absolute Gasteiger partial charge is 0.387 e. The van der Waals surface area contributed by atoms with Gasteiger partial charge in [0.25, 0.3) is 0 Å². The summed E-state index contributed by atoms with van der Waals surface area (Å²) in [7, 11) is 0. The molecule has 0 aliphatic carbocycles. The monoisotopic (exact) mass is 372 g/mol. The third-order valence-electron chi connectivity index (χ3n) is 6.56. The minimum absolute atomic E-state index is 0.0119. The quantitative estimate of drug-likeness (QED) is 0.822. The fourth-order valence-corrected chi connectivity index (χ4v) is 4.42. The number of ether oxygens (including phenoxy) is 5. The van der Waals surface area contributed by atoms with Gasteiger partial charge in [-0.25, -0.2) is 0 Å². The van der Waals surface area contributed by atoms with Gasteiger partial charge in [-0.3, -0.25) is 0 Å². The minimum atomic E-state index is -0.746. The summed E-state index contributed by atoms with van der Waals surface area (Å²) in [5, 5.41) is 10.8. The summed E-state index contributed by atoms with van der Waals surface area (Å²) < 4.78 is 30.3. The van der Waals surface area contributed by atoms with Crippen molar-refractivity contribution in [2.24, 2.45) is 17.8 Å². The molecule has 6 nitrogen and oxygen atoms in total. The summed E-state index contributed by atoms with van der Waals surface area (Å²) in [6, 6.07) is 0. The van der Waals surface area contributed by atoms with Gasteiger partial charge in [-0.2, -0.15) is 0 Å². The lowest BCUT2D eigenvalue weighted by molar-refractivity contribution is -0.384. The van der Waals surface area contributed by atoms with E-state index in [4.69, 9.17) is 23.7 Å². The van der Waals surface area contributed by atoms with Crippen molar-refractivity contribution in [2.45, 2.75) is 104 Å². The first-order chi connectivity index (χ1) is 12.1. The van der Waals surface area contributed by atoms with Gasteiger partial charge >= 0.3 is 0 Å². The molecule has 0 spiro atoms. The van der Waals surface area contributed by atoms with Gasteiger partial charge in [0, 0.05) is 5.92 Å². The molecule has 152 valence electrons. The van der Waals surface area contributed by atoms with Crippen LogP contribution in [0.1, 0.15) is 54.9 Å². The summed E-state index contributed by atoms with van der Waals surface area (Å²) in [6.07, 6.45) is -0.879. The van der Waals surface area contributed by atoms with E-state index in [0.717, 1.165) is 6.42 Å². The Labute approximate surface area is 157 Å². The fourth-order valence-electron chi connectivity index (χ4n) is 4.42. The predicted octanol–water partition coefficient (Wildman–Crippen LogP) is 2.71. The van der Waals surface area contributed by atoms with E-state index in [1.54, 1.807) is 0 Å². The molecule has 3 saturated heterocycles. The zero-order valence-electron chi connectivity index (χ0n) is 17.2. The van der Waals surface area contributed by atoms with Crippen LogP contribution in [0.4, 0.5) is 0 Å². The molecule has 1 N–H and O–H groups in total. The molecule has 5 unspecified atom stereocenters. The Morgan fingerprint density at radius 3 is 2.38 bits per heavy atom. The highest BCUT2D eigenvalue weighted by Gasteiger charge is 2.51. The van der Waals surface area contributed by atoms with Gasteiger partial charge in [0.2, 0.25) is 0 Å². The van der Waals surface area contributed by atoms with Gasteiger partial charge in [-0.15, -0.1) is 0 Å². The second-order valence-electron chi connectivity index (χ2n) is 8.79. The van der Waals surface area contributed by atoms with Crippen molar-refractivity contribution in [3.63, 3.8) is 0 Å². The third-order valence-corrected chi connectivity index (χ3v) is 6.56. The van der Waals surface area contributed by atoms with E-state index in [2.05, 4.69) is 27.7 Å². The zero-order chi connectivity index (χ0) is 19.2. The molecule has 0 aromatic rings. The van der Waals surface area contributed by atoms with Crippen LogP contribution in [0.15, 0.2) is 0 Å². The molecule has 3 aliphatic heterocycles. The number of hydrogen-bond donors (Lipinski definition) is 1. The number of aliphatic hydroxyl groups excluding tert-OH is 1. The lowest BCUT2D eigenvalue weighted by atomic mass is 9.81. The highest BCUT2D eigenvalue weighted by Crippen LogP contribution is 2.39. The summed E-state index contributed by atoms with van der Waals surface area (Å²) in [5.74, 6) is -0.0455. The summed E-state index contributed by atoms with van der Waals surface area (Å²) >= 11 is 0. The molecular weight excluding hydrogens is 336 g/mol. The Bertz CT molecular complexity index is 479. The average molecular weight is 373 g/mol. The molecule has 0 bridgehead atoms. The Morgan fingerprint density at radius 1 is 1.04 bits per heavy atom. The van der Waals surface area contributed by atoms with Gasteiger partial charge in [-0.1, -0.05) is 27.7 Å². The van der Waals surface area contributed by atoms with Crippen molar-refractivity contribution in [1.29, 1.82) is 0 Å². The molecule has 3 heterocycles. The van der Waals surface area contributed by atoms with Gasteiger partial charge in [0.15, 0.2) is 12.1 Å². The molecule has 10 atom stereocenters. The van der Waals surface area contributed by atoms with Crippen LogP contribution in [0.5, 0.6) is 0 Å². The van der Waals surface area contributed by atoms with E-state index in [1.165, 1.54) is 0 Å². The van der Waals surface area contributed by atoms with E-state index in [-0.39, 0.29) is 36.4 Å². The first-order valence-corrected chi connectivity index (χ1v) is 10.1. The molecule has 0 saturated carbocycles. The number of hydrogen-bond acceptors (Lipinski definition) is 6. The van der Waals surface area contributed by atoms with Crippen molar-refractivity contribution < 1.29 is 28.8 Å². The van der Waals surface area contributed by atoms with Crippen LogP contribution in [0.2, 0.25) is 0 Å². The van der Waals surface area contributed by atoms with E-state index >= 15 is 0 Å². The standard InChI is InChI=1S/C20H36O6/c1-8-14-17(11(3)10(2)13(5)23-14)25-19-16(21)12(4)18-15(24-19)9-22-20(6,7)26-18/h10-19,21H,8-9H2,1-7H3/t10?,11?,12-,13+,14?,15?,16?,17-,18-,19-/m0/s1. The smallest absolute Gasteiger partial charge is 0.184 e. The van der Waals surface area contributed by atoms with Crippen LogP contribution in [0, 0.1) is 17.8 Å². The lowest BCUT2D eigenvalue weighted by Crippen LogP contribution is -2.63. The summed E-state index contributed by atoms with van der Waals surface area (Å²) in [4.78, 5) is 0. The van der Waals surface area contributed by atoms with Crippen molar-refractivity contribution in [3.8, 4) is 0 Å². The Balaban J connectivity index is 1.71. The third kappa shape index (κ3) is 3.82. The molecule has 0 radical (unpaired) electrons. The highest BCUT2D eigenvalue weighted by atomic mass is 16.8. The van der Waals surface area contributed by atoms with E-state index in [1.807, 2.05) is 20.8 Å². The van der Waals surface area contributed by atoms with Crippen LogP contribution in [-0.4, -0.2) is 60.4 Å². The summed E-state index contributed by atoms with van der Waals surface area (Å²) in [6.45, 7) is 14.8. The average Bonchev–Trinajstić information content (AvgIpc) is 2.59. The second-order valence-corrected chi connectivity index (χ2v) is 8.79. The van der Waals surface area contributed by atoms with Crippen LogP contribution < -0.4 is 0 Å². The minimum Gasteiger partial charge on any atom is -0.387 e. The second kappa shape index (κ2) is 7.64. The molecule has 3 fully saturated rings. The van der Waals surface area contributed by atoms with Crippen LogP contribution in [0.25, 0.3) is 0 Å². The van der Waals surface area contributed by atoms with Gasteiger partial charge in [0.05, 0.1) is 31.0 Å². The molecule has 3 rings (SSSR count). The van der Waals surface area contributed by atoms with E-state index < -0.39 is 18.2 Å². The highest BCUT2D eigenvalue weighted by molar-refractivity contribution is 4.93. The van der Waals surface area contributed by atoms with Crippen LogP contribution >= 0.6 is 0 Å². The first kappa shape index (κ1) is 20.5. The van der Waals surface area contributed by atoms with Crippen molar-refractivity contribution in [3.05, 3.63) is 0 Å². The molecule has 26 heavy (non-hydrogen) atoms. The van der Waals surface area contributed by atoms with Crippen molar-refractivity contribution in [1.82, 2.24) is 0 Å². The molecule has 0 aromatic carbocycles. The Morgan fingerprint density at radius 2 is 1.73 bits per heavy atom. The van der Waals surface area contributed by atoms with Crippen LogP contribution in [-0.2, 0) is 23.7 Å². The van der Waals surface area contributed by atoms with Crippen LogP contribution in [0.3, 0.4) is 0 Å². The first-order valence-electron chi connectivity index (χ1n) is 10.1. The maximum Gasteiger partial charge on any atom is 0.184 e. The fraction of sp³-hybridized carbons (Fsp3) is 1.00. The molecule has 0 aromatic heterocycles. The molecule has 6 heteroatoms. The van der Waals surface area contributed by atoms with Gasteiger partial charge in [0.1, 0.15) is 12.2 Å². The molecule has 3 aliphatic rings. The van der Waals surface area contributed by atoms with Crippen molar-refractivity contribution >= 4 is 0 Å². The summed E-state index contributed by atoms with van der Waals surface area (Å²) in [5.41, 5.74) is 0.